The van der Waals surface area contributed by atoms with E-state index in [2.05, 4.69) is 5.32 Å². The van der Waals surface area contributed by atoms with Crippen LogP contribution < -0.4 is 15.8 Å². The van der Waals surface area contributed by atoms with Crippen molar-refractivity contribution in [3.8, 4) is 5.75 Å². The lowest BCUT2D eigenvalue weighted by molar-refractivity contribution is -0.127. The second-order valence-corrected chi connectivity index (χ2v) is 5.41. The third kappa shape index (κ3) is 4.53. The van der Waals surface area contributed by atoms with Crippen molar-refractivity contribution < 1.29 is 9.53 Å². The summed E-state index contributed by atoms with van der Waals surface area (Å²) in [7, 11) is 0. The van der Waals surface area contributed by atoms with Gasteiger partial charge in [-0.25, -0.2) is 0 Å². The number of nitrogens with one attached hydrogen (secondary N) is 1. The Bertz CT molecular complexity index is 458. The Kier molecular flexibility index (Phi) is 6.02. The highest BCUT2D eigenvalue weighted by molar-refractivity contribution is 5.81. The van der Waals surface area contributed by atoms with Gasteiger partial charge in [0.05, 0.1) is 0 Å². The molecule has 4 heteroatoms. The van der Waals surface area contributed by atoms with Crippen LogP contribution in [0.1, 0.15) is 51.3 Å². The van der Waals surface area contributed by atoms with E-state index in [1.807, 2.05) is 45.9 Å². The first-order valence-corrected chi connectivity index (χ1v) is 7.18. The van der Waals surface area contributed by atoms with Crippen molar-refractivity contribution in [3.05, 3.63) is 29.3 Å². The van der Waals surface area contributed by atoms with Gasteiger partial charge >= 0.3 is 0 Å². The Morgan fingerprint density at radius 3 is 2.55 bits per heavy atom. The number of rotatable bonds is 6. The molecule has 0 aliphatic rings. The lowest BCUT2D eigenvalue weighted by Gasteiger charge is -2.20. The van der Waals surface area contributed by atoms with Crippen molar-refractivity contribution in [2.45, 2.75) is 59.2 Å². The van der Waals surface area contributed by atoms with E-state index in [9.17, 15) is 4.79 Å². The number of ether oxygens (including phenoxy) is 1. The maximum atomic E-state index is 12.0. The Morgan fingerprint density at radius 1 is 1.35 bits per heavy atom. The van der Waals surface area contributed by atoms with Crippen molar-refractivity contribution in [1.29, 1.82) is 0 Å². The molecule has 1 aromatic carbocycles. The summed E-state index contributed by atoms with van der Waals surface area (Å²) < 4.78 is 5.80. The average Bonchev–Trinajstić information content (AvgIpc) is 2.38. The minimum atomic E-state index is -0.539. The highest BCUT2D eigenvalue weighted by atomic mass is 16.5. The van der Waals surface area contributed by atoms with Crippen molar-refractivity contribution >= 4 is 5.91 Å². The van der Waals surface area contributed by atoms with Gasteiger partial charge in [-0.3, -0.25) is 4.79 Å². The molecule has 20 heavy (non-hydrogen) atoms. The van der Waals surface area contributed by atoms with Crippen LogP contribution in [0.5, 0.6) is 5.75 Å². The lowest BCUT2D eigenvalue weighted by Crippen LogP contribution is -2.41. The summed E-state index contributed by atoms with van der Waals surface area (Å²) in [6.07, 6.45) is 0.358. The largest absolute Gasteiger partial charge is 0.481 e. The summed E-state index contributed by atoms with van der Waals surface area (Å²) in [4.78, 5) is 12.0. The Labute approximate surface area is 121 Å². The second-order valence-electron chi connectivity index (χ2n) is 5.41. The molecule has 0 radical (unpaired) electrons. The molecule has 1 rings (SSSR count). The molecular formula is C16H26N2O2. The van der Waals surface area contributed by atoms with Gasteiger partial charge in [-0.2, -0.15) is 0 Å². The molecule has 0 bridgehead atoms. The zero-order chi connectivity index (χ0) is 15.3. The third-order valence-electron chi connectivity index (χ3n) is 3.33. The highest BCUT2D eigenvalue weighted by Crippen LogP contribution is 2.26. The number of carbonyl (C=O) groups is 1. The van der Waals surface area contributed by atoms with Crippen LogP contribution in [-0.2, 0) is 4.79 Å². The first-order valence-electron chi connectivity index (χ1n) is 7.18. The molecule has 0 fully saturated rings. The molecule has 0 aromatic heterocycles. The normalized spacial score (nSPS) is 15.3. The molecule has 0 aliphatic carbocycles. The number of benzene rings is 1. The number of hydrogen-bond donors (Lipinski definition) is 2. The van der Waals surface area contributed by atoms with E-state index in [4.69, 9.17) is 10.5 Å². The standard InChI is InChI=1S/C16H26N2O2/c1-6-11(3)18-16(19)13(5)20-15-9-10(2)7-8-14(15)12(4)17/h7-9,11-13H,6,17H2,1-5H3,(H,18,19)/t11?,12-,13?/m1/s1. The smallest absolute Gasteiger partial charge is 0.260 e. The fraction of sp³-hybridized carbons (Fsp3) is 0.562. The molecule has 0 saturated carbocycles. The van der Waals surface area contributed by atoms with Gasteiger partial charge in [0.25, 0.3) is 5.91 Å². The molecule has 112 valence electrons. The van der Waals surface area contributed by atoms with Crippen molar-refractivity contribution in [3.63, 3.8) is 0 Å². The summed E-state index contributed by atoms with van der Waals surface area (Å²) in [6.45, 7) is 9.66. The second kappa shape index (κ2) is 7.29. The van der Waals surface area contributed by atoms with Gasteiger partial charge in [-0.05, 0) is 45.7 Å². The predicted molar refractivity (Wildman–Crippen MR) is 81.8 cm³/mol. The summed E-state index contributed by atoms with van der Waals surface area (Å²) in [5.74, 6) is 0.586. The summed E-state index contributed by atoms with van der Waals surface area (Å²) in [5, 5.41) is 2.92. The zero-order valence-corrected chi connectivity index (χ0v) is 13.1. The number of nitrogens with two attached hydrogens (primary N) is 1. The summed E-state index contributed by atoms with van der Waals surface area (Å²) in [6, 6.07) is 5.89. The van der Waals surface area contributed by atoms with E-state index < -0.39 is 6.10 Å². The molecule has 1 amide bonds. The van der Waals surface area contributed by atoms with E-state index in [1.54, 1.807) is 6.92 Å². The van der Waals surface area contributed by atoms with Gasteiger partial charge in [0.1, 0.15) is 5.75 Å². The van der Waals surface area contributed by atoms with Crippen LogP contribution in [0.25, 0.3) is 0 Å². The summed E-state index contributed by atoms with van der Waals surface area (Å²) in [5.41, 5.74) is 7.94. The molecule has 0 spiro atoms. The van der Waals surface area contributed by atoms with Crippen LogP contribution in [0.3, 0.4) is 0 Å². The number of aryl methyl sites for hydroxylation is 1. The number of amides is 1. The van der Waals surface area contributed by atoms with Gasteiger partial charge in [-0.1, -0.05) is 19.1 Å². The van der Waals surface area contributed by atoms with Crippen LogP contribution in [0.4, 0.5) is 0 Å². The van der Waals surface area contributed by atoms with Crippen LogP contribution in [0.15, 0.2) is 18.2 Å². The van der Waals surface area contributed by atoms with Crippen LogP contribution in [0.2, 0.25) is 0 Å². The minimum Gasteiger partial charge on any atom is -0.481 e. The molecule has 1 aromatic rings. The van der Waals surface area contributed by atoms with Gasteiger partial charge in [0.15, 0.2) is 6.10 Å². The molecular weight excluding hydrogens is 252 g/mol. The van der Waals surface area contributed by atoms with Crippen LogP contribution in [0, 0.1) is 6.92 Å². The zero-order valence-electron chi connectivity index (χ0n) is 13.1. The van der Waals surface area contributed by atoms with E-state index in [-0.39, 0.29) is 18.0 Å². The SMILES string of the molecule is CCC(C)NC(=O)C(C)Oc1cc(C)ccc1[C@@H](C)N. The van der Waals surface area contributed by atoms with Crippen molar-refractivity contribution in [1.82, 2.24) is 5.32 Å². The van der Waals surface area contributed by atoms with Crippen LogP contribution >= 0.6 is 0 Å². The van der Waals surface area contributed by atoms with Gasteiger partial charge in [0.2, 0.25) is 0 Å². The molecule has 2 unspecified atom stereocenters. The fourth-order valence-electron chi connectivity index (χ4n) is 1.83. The van der Waals surface area contributed by atoms with Crippen LogP contribution in [-0.4, -0.2) is 18.1 Å². The number of hydrogen-bond acceptors (Lipinski definition) is 3. The van der Waals surface area contributed by atoms with E-state index >= 15 is 0 Å². The highest BCUT2D eigenvalue weighted by Gasteiger charge is 2.18. The van der Waals surface area contributed by atoms with E-state index in [0.29, 0.717) is 5.75 Å². The quantitative estimate of drug-likeness (QED) is 0.841. The maximum absolute atomic E-state index is 12.0. The first kappa shape index (κ1) is 16.5. The average molecular weight is 278 g/mol. The van der Waals surface area contributed by atoms with Crippen molar-refractivity contribution in [2.24, 2.45) is 5.73 Å². The van der Waals surface area contributed by atoms with Gasteiger partial charge in [0, 0.05) is 17.6 Å². The first-order chi connectivity index (χ1) is 9.35. The Balaban J connectivity index is 2.81. The molecule has 0 saturated heterocycles. The molecule has 3 N–H and O–H groups in total. The Morgan fingerprint density at radius 2 is 2.00 bits per heavy atom. The molecule has 0 heterocycles. The van der Waals surface area contributed by atoms with Gasteiger partial charge in [-0.15, -0.1) is 0 Å². The van der Waals surface area contributed by atoms with E-state index in [1.165, 1.54) is 0 Å². The monoisotopic (exact) mass is 278 g/mol. The summed E-state index contributed by atoms with van der Waals surface area (Å²) >= 11 is 0. The molecule has 0 aliphatic heterocycles. The Hall–Kier alpha value is -1.55. The topological polar surface area (TPSA) is 64.3 Å². The third-order valence-corrected chi connectivity index (χ3v) is 3.33. The van der Waals surface area contributed by atoms with Gasteiger partial charge < -0.3 is 15.8 Å². The number of carbonyl (C=O) groups excluding carboxylic acids is 1. The van der Waals surface area contributed by atoms with Crippen molar-refractivity contribution in [2.75, 3.05) is 0 Å². The predicted octanol–water partition coefficient (Wildman–Crippen LogP) is 2.70. The minimum absolute atomic E-state index is 0.100. The molecule has 3 atom stereocenters. The maximum Gasteiger partial charge on any atom is 0.260 e. The van der Waals surface area contributed by atoms with E-state index in [0.717, 1.165) is 17.5 Å². The molecule has 4 nitrogen and oxygen atoms in total. The lowest BCUT2D eigenvalue weighted by atomic mass is 10.1. The fourth-order valence-corrected chi connectivity index (χ4v) is 1.83.